The predicted octanol–water partition coefficient (Wildman–Crippen LogP) is 2.46. The fraction of sp³-hybridized carbons (Fsp3) is 0.769. The molecule has 2 unspecified atom stereocenters. The number of nitrogens with one attached hydrogen (secondary N) is 2. The van der Waals surface area contributed by atoms with Gasteiger partial charge in [0.25, 0.3) is 0 Å². The highest BCUT2D eigenvalue weighted by atomic mass is 32.1. The number of rotatable bonds is 5. The van der Waals surface area contributed by atoms with Gasteiger partial charge in [0.05, 0.1) is 0 Å². The van der Waals surface area contributed by atoms with Crippen molar-refractivity contribution in [2.24, 2.45) is 0 Å². The first kappa shape index (κ1) is 13.0. The molecule has 3 nitrogen and oxygen atoms in total. The summed E-state index contributed by atoms with van der Waals surface area (Å²) in [6.07, 6.45) is 7.24. The minimum absolute atomic E-state index is 0.565. The highest BCUT2D eigenvalue weighted by molar-refractivity contribution is 7.11. The first-order chi connectivity index (χ1) is 8.24. The van der Waals surface area contributed by atoms with E-state index in [0.29, 0.717) is 12.1 Å². The van der Waals surface area contributed by atoms with Gasteiger partial charge in [-0.15, -0.1) is 11.3 Å². The van der Waals surface area contributed by atoms with E-state index < -0.39 is 0 Å². The van der Waals surface area contributed by atoms with Crippen LogP contribution in [0, 0.1) is 6.92 Å². The topological polar surface area (TPSA) is 37.0 Å². The maximum atomic E-state index is 4.37. The molecule has 0 saturated carbocycles. The Bertz CT molecular complexity index is 331. The van der Waals surface area contributed by atoms with Crippen molar-refractivity contribution in [3.8, 4) is 0 Å². The normalized spacial score (nSPS) is 22.6. The van der Waals surface area contributed by atoms with Crippen LogP contribution in [0.4, 0.5) is 0 Å². The minimum Gasteiger partial charge on any atom is -0.314 e. The molecule has 2 N–H and O–H groups in total. The summed E-state index contributed by atoms with van der Waals surface area (Å²) in [5.41, 5.74) is 0. The molecule has 0 amide bonds. The Morgan fingerprint density at radius 3 is 3.12 bits per heavy atom. The van der Waals surface area contributed by atoms with Crippen LogP contribution in [0.5, 0.6) is 0 Å². The van der Waals surface area contributed by atoms with Crippen molar-refractivity contribution in [3.05, 3.63) is 16.1 Å². The SMILES string of the molecule is Cc1cnc(CNC(C)CC2CCCCN2)s1. The van der Waals surface area contributed by atoms with E-state index >= 15 is 0 Å². The summed E-state index contributed by atoms with van der Waals surface area (Å²) in [6, 6.07) is 1.28. The van der Waals surface area contributed by atoms with Gasteiger partial charge in [-0.2, -0.15) is 0 Å². The second-order valence-electron chi connectivity index (χ2n) is 5.03. The molecule has 1 aromatic heterocycles. The van der Waals surface area contributed by atoms with E-state index in [0.717, 1.165) is 6.54 Å². The molecular weight excluding hydrogens is 230 g/mol. The molecule has 0 radical (unpaired) electrons. The van der Waals surface area contributed by atoms with Gasteiger partial charge in [-0.25, -0.2) is 4.98 Å². The number of hydrogen-bond donors (Lipinski definition) is 2. The van der Waals surface area contributed by atoms with Crippen LogP contribution in [-0.2, 0) is 6.54 Å². The van der Waals surface area contributed by atoms with E-state index in [-0.39, 0.29) is 0 Å². The van der Waals surface area contributed by atoms with Gasteiger partial charge in [0.1, 0.15) is 5.01 Å². The number of nitrogens with zero attached hydrogens (tertiary/aromatic N) is 1. The van der Waals surface area contributed by atoms with E-state index in [1.807, 2.05) is 6.20 Å². The minimum atomic E-state index is 0.565. The van der Waals surface area contributed by atoms with Crippen molar-refractivity contribution in [3.63, 3.8) is 0 Å². The number of aromatic nitrogens is 1. The van der Waals surface area contributed by atoms with Crippen LogP contribution in [0.3, 0.4) is 0 Å². The maximum absolute atomic E-state index is 4.37. The van der Waals surface area contributed by atoms with Crippen molar-refractivity contribution in [2.45, 2.75) is 58.2 Å². The zero-order chi connectivity index (χ0) is 12.1. The van der Waals surface area contributed by atoms with Crippen molar-refractivity contribution < 1.29 is 0 Å². The summed E-state index contributed by atoms with van der Waals surface area (Å²) in [4.78, 5) is 5.67. The molecule has 0 aromatic carbocycles. The Kier molecular flexibility index (Phi) is 4.95. The summed E-state index contributed by atoms with van der Waals surface area (Å²) in [7, 11) is 0. The third kappa shape index (κ3) is 4.37. The lowest BCUT2D eigenvalue weighted by molar-refractivity contribution is 0.344. The van der Waals surface area contributed by atoms with Gasteiger partial charge in [0, 0.05) is 29.7 Å². The summed E-state index contributed by atoms with van der Waals surface area (Å²) in [5.74, 6) is 0. The number of thiazole rings is 1. The molecule has 2 heterocycles. The summed E-state index contributed by atoms with van der Waals surface area (Å²) >= 11 is 1.79. The Labute approximate surface area is 108 Å². The lowest BCUT2D eigenvalue weighted by atomic mass is 9.99. The molecule has 1 aliphatic heterocycles. The zero-order valence-electron chi connectivity index (χ0n) is 10.8. The van der Waals surface area contributed by atoms with E-state index in [9.17, 15) is 0 Å². The summed E-state index contributed by atoms with van der Waals surface area (Å²) in [5, 5.41) is 8.37. The Morgan fingerprint density at radius 1 is 1.59 bits per heavy atom. The highest BCUT2D eigenvalue weighted by Crippen LogP contribution is 2.13. The predicted molar refractivity (Wildman–Crippen MR) is 73.4 cm³/mol. The molecule has 1 fully saturated rings. The van der Waals surface area contributed by atoms with Crippen LogP contribution in [0.2, 0.25) is 0 Å². The van der Waals surface area contributed by atoms with Crippen molar-refractivity contribution in [1.82, 2.24) is 15.6 Å². The molecule has 0 spiro atoms. The van der Waals surface area contributed by atoms with E-state index in [1.54, 1.807) is 11.3 Å². The molecule has 17 heavy (non-hydrogen) atoms. The average molecular weight is 253 g/mol. The molecule has 1 aliphatic rings. The second kappa shape index (κ2) is 6.47. The highest BCUT2D eigenvalue weighted by Gasteiger charge is 2.15. The van der Waals surface area contributed by atoms with Gasteiger partial charge >= 0.3 is 0 Å². The summed E-state index contributed by atoms with van der Waals surface area (Å²) in [6.45, 7) is 6.49. The Morgan fingerprint density at radius 2 is 2.47 bits per heavy atom. The monoisotopic (exact) mass is 253 g/mol. The van der Waals surface area contributed by atoms with E-state index in [1.165, 1.54) is 42.1 Å². The lowest BCUT2D eigenvalue weighted by Gasteiger charge is -2.26. The van der Waals surface area contributed by atoms with Crippen molar-refractivity contribution >= 4 is 11.3 Å². The van der Waals surface area contributed by atoms with Crippen LogP contribution in [0.1, 0.15) is 42.5 Å². The molecule has 1 saturated heterocycles. The smallest absolute Gasteiger partial charge is 0.107 e. The van der Waals surface area contributed by atoms with Gasteiger partial charge < -0.3 is 10.6 Å². The van der Waals surface area contributed by atoms with Crippen LogP contribution in [-0.4, -0.2) is 23.6 Å². The van der Waals surface area contributed by atoms with Crippen LogP contribution in [0.25, 0.3) is 0 Å². The Hall–Kier alpha value is -0.450. The fourth-order valence-electron chi connectivity index (χ4n) is 2.38. The number of hydrogen-bond acceptors (Lipinski definition) is 4. The second-order valence-corrected chi connectivity index (χ2v) is 6.35. The van der Waals surface area contributed by atoms with Gasteiger partial charge in [-0.3, -0.25) is 0 Å². The average Bonchev–Trinajstić information content (AvgIpc) is 2.74. The first-order valence-corrected chi connectivity index (χ1v) is 7.44. The van der Waals surface area contributed by atoms with E-state index in [2.05, 4.69) is 29.5 Å². The first-order valence-electron chi connectivity index (χ1n) is 6.62. The number of piperidine rings is 1. The third-order valence-electron chi connectivity index (χ3n) is 3.32. The molecule has 2 rings (SSSR count). The maximum Gasteiger partial charge on any atom is 0.107 e. The van der Waals surface area contributed by atoms with Crippen LogP contribution < -0.4 is 10.6 Å². The molecule has 4 heteroatoms. The van der Waals surface area contributed by atoms with Gasteiger partial charge in [-0.1, -0.05) is 6.42 Å². The molecule has 0 bridgehead atoms. The molecule has 2 atom stereocenters. The molecule has 96 valence electrons. The van der Waals surface area contributed by atoms with Crippen molar-refractivity contribution in [2.75, 3.05) is 6.54 Å². The largest absolute Gasteiger partial charge is 0.314 e. The Balaban J connectivity index is 1.68. The van der Waals surface area contributed by atoms with Crippen molar-refractivity contribution in [1.29, 1.82) is 0 Å². The fourth-order valence-corrected chi connectivity index (χ4v) is 3.12. The number of aryl methyl sites for hydroxylation is 1. The lowest BCUT2D eigenvalue weighted by Crippen LogP contribution is -2.39. The third-order valence-corrected chi connectivity index (χ3v) is 4.23. The van der Waals surface area contributed by atoms with E-state index in [4.69, 9.17) is 0 Å². The molecule has 0 aliphatic carbocycles. The van der Waals surface area contributed by atoms with Crippen LogP contribution in [0.15, 0.2) is 6.20 Å². The standard InChI is InChI=1S/C13H23N3S/c1-10(7-12-5-3-4-6-14-12)15-9-13-16-8-11(2)17-13/h8,10,12,14-15H,3-7,9H2,1-2H3. The quantitative estimate of drug-likeness (QED) is 0.846. The van der Waals surface area contributed by atoms with Gasteiger partial charge in [-0.05, 0) is 39.7 Å². The molecule has 1 aromatic rings. The molecular formula is C13H23N3S. The van der Waals surface area contributed by atoms with Gasteiger partial charge in [0.15, 0.2) is 0 Å². The van der Waals surface area contributed by atoms with Gasteiger partial charge in [0.2, 0.25) is 0 Å². The zero-order valence-corrected chi connectivity index (χ0v) is 11.6. The summed E-state index contributed by atoms with van der Waals surface area (Å²) < 4.78 is 0. The van der Waals surface area contributed by atoms with Crippen LogP contribution >= 0.6 is 11.3 Å².